The Morgan fingerprint density at radius 3 is 2.14 bits per heavy atom. The number of aldehydes is 1. The molecule has 1 aromatic carbocycles. The van der Waals surface area contributed by atoms with E-state index in [-0.39, 0.29) is 0 Å². The van der Waals surface area contributed by atoms with Gasteiger partial charge in [0, 0.05) is 37.8 Å². The second kappa shape index (κ2) is 6.71. The molecule has 0 N–H and O–H groups in total. The number of rotatable bonds is 3. The summed E-state index contributed by atoms with van der Waals surface area (Å²) in [6, 6.07) is 8.99. The van der Waals surface area contributed by atoms with Crippen LogP contribution in [-0.2, 0) is 0 Å². The number of likely N-dealkylation sites (N-methyl/N-ethyl adjacent to an activating group) is 1. The van der Waals surface area contributed by atoms with Gasteiger partial charge in [0.05, 0.1) is 0 Å². The molecule has 1 aliphatic heterocycles. The first-order valence-corrected chi connectivity index (χ1v) is 8.24. The van der Waals surface area contributed by atoms with Crippen LogP contribution in [0.3, 0.4) is 0 Å². The van der Waals surface area contributed by atoms with Crippen molar-refractivity contribution in [2.45, 2.75) is 37.6 Å². The van der Waals surface area contributed by atoms with Crippen LogP contribution in [0.2, 0.25) is 0 Å². The largest absolute Gasteiger partial charge is 0.304 e. The molecule has 2 aliphatic rings. The summed E-state index contributed by atoms with van der Waals surface area (Å²) in [5.74, 6) is 0.689. The van der Waals surface area contributed by atoms with Crippen LogP contribution in [0, 0.1) is 0 Å². The maximum Gasteiger partial charge on any atom is 0.150 e. The molecule has 1 saturated heterocycles. The van der Waals surface area contributed by atoms with E-state index in [0.29, 0.717) is 5.92 Å². The third-order valence-electron chi connectivity index (χ3n) is 5.29. The first-order chi connectivity index (χ1) is 10.3. The molecule has 21 heavy (non-hydrogen) atoms. The van der Waals surface area contributed by atoms with Crippen molar-refractivity contribution in [1.29, 1.82) is 0 Å². The number of hydrogen-bond acceptors (Lipinski definition) is 3. The van der Waals surface area contributed by atoms with Crippen molar-refractivity contribution >= 4 is 6.29 Å². The van der Waals surface area contributed by atoms with Gasteiger partial charge in [-0.1, -0.05) is 24.3 Å². The van der Waals surface area contributed by atoms with Gasteiger partial charge in [-0.05, 0) is 44.2 Å². The number of carbonyl (C=O) groups excluding carboxylic acids is 1. The lowest BCUT2D eigenvalue weighted by Crippen LogP contribution is -2.49. The summed E-state index contributed by atoms with van der Waals surface area (Å²) >= 11 is 0. The molecule has 1 aromatic rings. The van der Waals surface area contributed by atoms with Gasteiger partial charge in [0.1, 0.15) is 6.29 Å². The van der Waals surface area contributed by atoms with E-state index in [4.69, 9.17) is 0 Å². The van der Waals surface area contributed by atoms with Gasteiger partial charge in [-0.25, -0.2) is 0 Å². The number of hydrogen-bond donors (Lipinski definition) is 0. The monoisotopic (exact) mass is 286 g/mol. The van der Waals surface area contributed by atoms with E-state index >= 15 is 0 Å². The molecule has 0 aromatic heterocycles. The maximum atomic E-state index is 10.7. The quantitative estimate of drug-likeness (QED) is 0.798. The third-order valence-corrected chi connectivity index (χ3v) is 5.29. The normalized spacial score (nSPS) is 28.4. The maximum absolute atomic E-state index is 10.7. The number of nitrogens with zero attached hydrogens (tertiary/aromatic N) is 2. The van der Waals surface area contributed by atoms with Crippen molar-refractivity contribution in [3.8, 4) is 0 Å². The Morgan fingerprint density at radius 1 is 0.952 bits per heavy atom. The second-order valence-electron chi connectivity index (χ2n) is 6.63. The lowest BCUT2D eigenvalue weighted by atomic mass is 9.81. The zero-order chi connectivity index (χ0) is 14.7. The Labute approximate surface area is 127 Å². The lowest BCUT2D eigenvalue weighted by molar-refractivity contribution is 0.0878. The fourth-order valence-electron chi connectivity index (χ4n) is 3.81. The molecule has 114 valence electrons. The van der Waals surface area contributed by atoms with Crippen LogP contribution in [0.25, 0.3) is 0 Å². The molecule has 3 rings (SSSR count). The van der Waals surface area contributed by atoms with Crippen molar-refractivity contribution in [3.63, 3.8) is 0 Å². The summed E-state index contributed by atoms with van der Waals surface area (Å²) in [7, 11) is 2.22. The van der Waals surface area contributed by atoms with Crippen LogP contribution in [0.5, 0.6) is 0 Å². The Bertz CT molecular complexity index is 455. The summed E-state index contributed by atoms with van der Waals surface area (Å²) in [5, 5.41) is 0. The van der Waals surface area contributed by atoms with Gasteiger partial charge < -0.3 is 4.90 Å². The number of benzene rings is 1. The number of piperazine rings is 1. The van der Waals surface area contributed by atoms with Crippen LogP contribution in [-0.4, -0.2) is 55.4 Å². The van der Waals surface area contributed by atoms with E-state index in [9.17, 15) is 4.79 Å². The molecule has 3 nitrogen and oxygen atoms in total. The molecule has 0 bridgehead atoms. The predicted molar refractivity (Wildman–Crippen MR) is 85.9 cm³/mol. The topological polar surface area (TPSA) is 23.6 Å². The molecular formula is C18H26N2O. The fraction of sp³-hybridized carbons (Fsp3) is 0.611. The van der Waals surface area contributed by atoms with Gasteiger partial charge >= 0.3 is 0 Å². The highest BCUT2D eigenvalue weighted by molar-refractivity contribution is 5.74. The van der Waals surface area contributed by atoms with E-state index in [1.165, 1.54) is 57.4 Å². The highest BCUT2D eigenvalue weighted by atomic mass is 16.1. The summed E-state index contributed by atoms with van der Waals surface area (Å²) in [6.07, 6.45) is 6.15. The molecular weight excluding hydrogens is 260 g/mol. The standard InChI is InChI=1S/C18H26N2O/c1-19-10-12-20(13-11-19)18-8-6-17(7-9-18)16-4-2-15(14-21)3-5-16/h2-5,14,17-18H,6-13H2,1H3. The van der Waals surface area contributed by atoms with Crippen molar-refractivity contribution < 1.29 is 4.79 Å². The third kappa shape index (κ3) is 3.53. The smallest absolute Gasteiger partial charge is 0.150 e. The first kappa shape index (κ1) is 14.7. The predicted octanol–water partition coefficient (Wildman–Crippen LogP) is 2.77. The molecule has 1 aliphatic carbocycles. The Hall–Kier alpha value is -1.19. The highest BCUT2D eigenvalue weighted by Gasteiger charge is 2.28. The Morgan fingerprint density at radius 2 is 1.57 bits per heavy atom. The van der Waals surface area contributed by atoms with Gasteiger partial charge in [0.25, 0.3) is 0 Å². The van der Waals surface area contributed by atoms with Crippen LogP contribution in [0.15, 0.2) is 24.3 Å². The minimum atomic E-state index is 0.689. The molecule has 0 atom stereocenters. The van der Waals surface area contributed by atoms with Gasteiger partial charge in [-0.15, -0.1) is 0 Å². The summed E-state index contributed by atoms with van der Waals surface area (Å²) in [5.41, 5.74) is 2.20. The minimum absolute atomic E-state index is 0.689. The minimum Gasteiger partial charge on any atom is -0.304 e. The van der Waals surface area contributed by atoms with Crippen LogP contribution < -0.4 is 0 Å². The van der Waals surface area contributed by atoms with Crippen LogP contribution in [0.1, 0.15) is 47.5 Å². The molecule has 0 amide bonds. The SMILES string of the molecule is CN1CCN(C2CCC(c3ccc(C=O)cc3)CC2)CC1. The first-order valence-electron chi connectivity index (χ1n) is 8.24. The van der Waals surface area contributed by atoms with Crippen molar-refractivity contribution in [2.75, 3.05) is 33.2 Å². The van der Waals surface area contributed by atoms with E-state index in [1.54, 1.807) is 0 Å². The lowest BCUT2D eigenvalue weighted by Gasteiger charge is -2.41. The van der Waals surface area contributed by atoms with Gasteiger partial charge in [-0.2, -0.15) is 0 Å². The Kier molecular flexibility index (Phi) is 4.71. The van der Waals surface area contributed by atoms with Crippen LogP contribution >= 0.6 is 0 Å². The average Bonchev–Trinajstić information content (AvgIpc) is 2.56. The molecule has 0 spiro atoms. The zero-order valence-corrected chi connectivity index (χ0v) is 13.0. The molecule has 1 saturated carbocycles. The Balaban J connectivity index is 1.53. The molecule has 3 heteroatoms. The summed E-state index contributed by atoms with van der Waals surface area (Å²) in [6.45, 7) is 4.90. The van der Waals surface area contributed by atoms with E-state index in [2.05, 4.69) is 29.0 Å². The molecule has 1 heterocycles. The molecule has 0 radical (unpaired) electrons. The van der Waals surface area contributed by atoms with Crippen molar-refractivity contribution in [3.05, 3.63) is 35.4 Å². The number of carbonyl (C=O) groups is 1. The average molecular weight is 286 g/mol. The summed E-state index contributed by atoms with van der Waals surface area (Å²) < 4.78 is 0. The summed E-state index contributed by atoms with van der Waals surface area (Å²) in [4.78, 5) is 15.9. The van der Waals surface area contributed by atoms with Crippen LogP contribution in [0.4, 0.5) is 0 Å². The second-order valence-corrected chi connectivity index (χ2v) is 6.63. The van der Waals surface area contributed by atoms with Gasteiger partial charge in [0.2, 0.25) is 0 Å². The molecule has 0 unspecified atom stereocenters. The van der Waals surface area contributed by atoms with Gasteiger partial charge in [0.15, 0.2) is 0 Å². The van der Waals surface area contributed by atoms with Gasteiger partial charge in [-0.3, -0.25) is 9.69 Å². The van der Waals surface area contributed by atoms with E-state index in [1.807, 2.05) is 12.1 Å². The van der Waals surface area contributed by atoms with Crippen molar-refractivity contribution in [1.82, 2.24) is 9.80 Å². The highest BCUT2D eigenvalue weighted by Crippen LogP contribution is 2.35. The fourth-order valence-corrected chi connectivity index (χ4v) is 3.81. The van der Waals surface area contributed by atoms with Crippen molar-refractivity contribution in [2.24, 2.45) is 0 Å². The van der Waals surface area contributed by atoms with E-state index < -0.39 is 0 Å². The zero-order valence-electron chi connectivity index (χ0n) is 13.0. The molecule has 2 fully saturated rings. The van der Waals surface area contributed by atoms with E-state index in [0.717, 1.165) is 17.9 Å².